The fourth-order valence-corrected chi connectivity index (χ4v) is 3.16. The minimum absolute atomic E-state index is 0.0450. The molecule has 0 aromatic heterocycles. The normalized spacial score (nSPS) is 16.7. The topological polar surface area (TPSA) is 64.3 Å². The Morgan fingerprint density at radius 3 is 2.86 bits per heavy atom. The van der Waals surface area contributed by atoms with E-state index >= 15 is 0 Å². The minimum Gasteiger partial charge on any atom is -0.479 e. The Balaban J connectivity index is 2.01. The van der Waals surface area contributed by atoms with E-state index in [-0.39, 0.29) is 5.91 Å². The van der Waals surface area contributed by atoms with E-state index in [9.17, 15) is 4.79 Å². The van der Waals surface area contributed by atoms with Crippen LogP contribution < -0.4 is 15.8 Å². The molecule has 21 heavy (non-hydrogen) atoms. The van der Waals surface area contributed by atoms with Gasteiger partial charge >= 0.3 is 0 Å². The molecular formula is C16H23BrN2O2. The lowest BCUT2D eigenvalue weighted by Gasteiger charge is -2.20. The number of carbonyl (C=O) groups excluding carboxylic acids is 1. The number of carbonyl (C=O) groups is 1. The van der Waals surface area contributed by atoms with Gasteiger partial charge in [-0.05, 0) is 60.3 Å². The van der Waals surface area contributed by atoms with Crippen molar-refractivity contribution in [2.75, 3.05) is 6.54 Å². The molecule has 1 aromatic rings. The first-order valence-corrected chi connectivity index (χ1v) is 8.35. The van der Waals surface area contributed by atoms with Crippen LogP contribution in [0.2, 0.25) is 0 Å². The first-order valence-electron chi connectivity index (χ1n) is 7.56. The lowest BCUT2D eigenvalue weighted by Crippen LogP contribution is -2.41. The molecule has 3 N–H and O–H groups in total. The molecule has 0 spiro atoms. The largest absolute Gasteiger partial charge is 0.479 e. The van der Waals surface area contributed by atoms with Crippen molar-refractivity contribution in [3.8, 4) is 5.75 Å². The molecule has 0 radical (unpaired) electrons. The predicted molar refractivity (Wildman–Crippen MR) is 87.4 cm³/mol. The van der Waals surface area contributed by atoms with Gasteiger partial charge in [-0.3, -0.25) is 4.79 Å². The van der Waals surface area contributed by atoms with Crippen molar-refractivity contribution < 1.29 is 9.53 Å². The predicted octanol–water partition coefficient (Wildman–Crippen LogP) is 2.78. The first-order chi connectivity index (χ1) is 10.1. The highest BCUT2D eigenvalue weighted by molar-refractivity contribution is 9.10. The number of nitrogens with one attached hydrogen (secondary N) is 1. The molecule has 1 aliphatic rings. The zero-order valence-corrected chi connectivity index (χ0v) is 14.0. The maximum absolute atomic E-state index is 12.2. The average molecular weight is 355 g/mol. The Morgan fingerprint density at radius 1 is 1.48 bits per heavy atom. The van der Waals surface area contributed by atoms with Gasteiger partial charge in [0, 0.05) is 6.04 Å². The molecule has 0 heterocycles. The molecule has 1 amide bonds. The SMILES string of the molecule is CC(Oc1c(Br)cccc1CCN)C(=O)NC1CCCC1. The molecule has 116 valence electrons. The van der Waals surface area contributed by atoms with E-state index in [2.05, 4.69) is 21.2 Å². The molecule has 0 aliphatic heterocycles. The zero-order valence-electron chi connectivity index (χ0n) is 12.4. The second kappa shape index (κ2) is 7.80. The van der Waals surface area contributed by atoms with Gasteiger partial charge in [-0.1, -0.05) is 25.0 Å². The van der Waals surface area contributed by atoms with E-state index in [0.717, 1.165) is 35.0 Å². The van der Waals surface area contributed by atoms with Gasteiger partial charge in [0.2, 0.25) is 0 Å². The average Bonchev–Trinajstić information content (AvgIpc) is 2.95. The third kappa shape index (κ3) is 4.45. The molecular weight excluding hydrogens is 332 g/mol. The van der Waals surface area contributed by atoms with E-state index in [0.29, 0.717) is 12.6 Å². The van der Waals surface area contributed by atoms with Crippen LogP contribution in [-0.2, 0) is 11.2 Å². The summed E-state index contributed by atoms with van der Waals surface area (Å²) in [6.45, 7) is 2.34. The van der Waals surface area contributed by atoms with Crippen LogP contribution in [0.1, 0.15) is 38.2 Å². The molecule has 1 fully saturated rings. The standard InChI is InChI=1S/C16H23BrN2O2/c1-11(16(20)19-13-6-2-3-7-13)21-15-12(9-10-18)5-4-8-14(15)17/h4-5,8,11,13H,2-3,6-7,9-10,18H2,1H3,(H,19,20). The van der Waals surface area contributed by atoms with Gasteiger partial charge in [-0.25, -0.2) is 0 Å². The number of ether oxygens (including phenoxy) is 1. The molecule has 4 nitrogen and oxygen atoms in total. The number of amides is 1. The summed E-state index contributed by atoms with van der Waals surface area (Å²) in [7, 11) is 0. The number of halogens is 1. The molecule has 5 heteroatoms. The van der Waals surface area contributed by atoms with Crippen LogP contribution in [0.5, 0.6) is 5.75 Å². The smallest absolute Gasteiger partial charge is 0.260 e. The molecule has 1 aromatic carbocycles. The van der Waals surface area contributed by atoms with E-state index in [1.54, 1.807) is 6.92 Å². The number of rotatable bonds is 6. The van der Waals surface area contributed by atoms with E-state index < -0.39 is 6.10 Å². The Bertz CT molecular complexity index is 487. The molecule has 1 atom stereocenters. The van der Waals surface area contributed by atoms with Crippen LogP contribution in [0.4, 0.5) is 0 Å². The van der Waals surface area contributed by atoms with Crippen LogP contribution in [0.25, 0.3) is 0 Å². The summed E-state index contributed by atoms with van der Waals surface area (Å²) in [6, 6.07) is 6.16. The number of nitrogens with two attached hydrogens (primary N) is 1. The second-order valence-electron chi connectivity index (χ2n) is 5.52. The molecule has 1 unspecified atom stereocenters. The molecule has 1 saturated carbocycles. The van der Waals surface area contributed by atoms with E-state index in [1.165, 1.54) is 12.8 Å². The van der Waals surface area contributed by atoms with Gasteiger partial charge in [0.25, 0.3) is 5.91 Å². The molecule has 0 bridgehead atoms. The van der Waals surface area contributed by atoms with E-state index in [1.807, 2.05) is 18.2 Å². The maximum atomic E-state index is 12.2. The number of benzene rings is 1. The Hall–Kier alpha value is -1.07. The lowest BCUT2D eigenvalue weighted by atomic mass is 10.1. The number of para-hydroxylation sites is 1. The summed E-state index contributed by atoms with van der Waals surface area (Å²) in [5, 5.41) is 3.07. The third-order valence-electron chi connectivity index (χ3n) is 3.83. The zero-order chi connectivity index (χ0) is 15.2. The van der Waals surface area contributed by atoms with Gasteiger partial charge in [-0.15, -0.1) is 0 Å². The van der Waals surface area contributed by atoms with Crippen LogP contribution in [0, 0.1) is 0 Å². The van der Waals surface area contributed by atoms with Gasteiger partial charge in [0.1, 0.15) is 5.75 Å². The molecule has 1 aliphatic carbocycles. The quantitative estimate of drug-likeness (QED) is 0.825. The Kier molecular flexibility index (Phi) is 6.06. The van der Waals surface area contributed by atoms with Crippen molar-refractivity contribution in [3.63, 3.8) is 0 Å². The van der Waals surface area contributed by atoms with Gasteiger partial charge in [0.05, 0.1) is 4.47 Å². The highest BCUT2D eigenvalue weighted by Gasteiger charge is 2.22. The Labute approximate surface area is 134 Å². The summed E-state index contributed by atoms with van der Waals surface area (Å²) in [4.78, 5) is 12.2. The van der Waals surface area contributed by atoms with Crippen molar-refractivity contribution >= 4 is 21.8 Å². The number of hydrogen-bond acceptors (Lipinski definition) is 3. The highest BCUT2D eigenvalue weighted by atomic mass is 79.9. The third-order valence-corrected chi connectivity index (χ3v) is 4.45. The summed E-state index contributed by atoms with van der Waals surface area (Å²) >= 11 is 3.49. The van der Waals surface area contributed by atoms with Crippen LogP contribution in [0.15, 0.2) is 22.7 Å². The summed E-state index contributed by atoms with van der Waals surface area (Å²) in [5.74, 6) is 0.674. The van der Waals surface area contributed by atoms with Crippen molar-refractivity contribution in [3.05, 3.63) is 28.2 Å². The van der Waals surface area contributed by atoms with Crippen molar-refractivity contribution in [2.24, 2.45) is 5.73 Å². The van der Waals surface area contributed by atoms with Gasteiger partial charge in [-0.2, -0.15) is 0 Å². The van der Waals surface area contributed by atoms with Crippen molar-refractivity contribution in [1.29, 1.82) is 0 Å². The monoisotopic (exact) mass is 354 g/mol. The van der Waals surface area contributed by atoms with Gasteiger partial charge in [0.15, 0.2) is 6.10 Å². The minimum atomic E-state index is -0.513. The van der Waals surface area contributed by atoms with Crippen LogP contribution >= 0.6 is 15.9 Å². The fraction of sp³-hybridized carbons (Fsp3) is 0.562. The fourth-order valence-electron chi connectivity index (χ4n) is 2.66. The van der Waals surface area contributed by atoms with Crippen LogP contribution in [0.3, 0.4) is 0 Å². The lowest BCUT2D eigenvalue weighted by molar-refractivity contribution is -0.128. The first kappa shape index (κ1) is 16.3. The Morgan fingerprint density at radius 2 is 2.19 bits per heavy atom. The summed E-state index contributed by atoms with van der Waals surface area (Å²) in [6.07, 6.45) is 4.76. The van der Waals surface area contributed by atoms with Crippen molar-refractivity contribution in [1.82, 2.24) is 5.32 Å². The molecule has 2 rings (SSSR count). The van der Waals surface area contributed by atoms with Crippen molar-refractivity contribution in [2.45, 2.75) is 51.2 Å². The second-order valence-corrected chi connectivity index (χ2v) is 6.37. The van der Waals surface area contributed by atoms with Gasteiger partial charge < -0.3 is 15.8 Å². The highest BCUT2D eigenvalue weighted by Crippen LogP contribution is 2.30. The molecule has 0 saturated heterocycles. The van der Waals surface area contributed by atoms with Crippen LogP contribution in [-0.4, -0.2) is 24.6 Å². The summed E-state index contributed by atoms with van der Waals surface area (Å²) < 4.78 is 6.74. The number of hydrogen-bond donors (Lipinski definition) is 2. The van der Waals surface area contributed by atoms with E-state index in [4.69, 9.17) is 10.5 Å². The maximum Gasteiger partial charge on any atom is 0.260 e. The summed E-state index contributed by atoms with van der Waals surface area (Å²) in [5.41, 5.74) is 6.65.